The molecule has 1 aromatic carbocycles. The fourth-order valence-corrected chi connectivity index (χ4v) is 5.75. The van der Waals surface area contributed by atoms with Gasteiger partial charge in [-0.15, -0.1) is 11.3 Å². The zero-order valence-electron chi connectivity index (χ0n) is 18.5. The number of amides is 2. The second-order valence-electron chi connectivity index (χ2n) is 9.07. The van der Waals surface area contributed by atoms with Gasteiger partial charge in [0.05, 0.1) is 12.0 Å². The first-order chi connectivity index (χ1) is 15.1. The quantitative estimate of drug-likeness (QED) is 0.700. The highest BCUT2D eigenvalue weighted by Gasteiger charge is 2.44. The summed E-state index contributed by atoms with van der Waals surface area (Å²) in [6.07, 6.45) is 3.80. The summed E-state index contributed by atoms with van der Waals surface area (Å²) in [7, 11) is 0. The van der Waals surface area contributed by atoms with Crippen molar-refractivity contribution in [1.82, 2.24) is 15.1 Å². The Morgan fingerprint density at radius 1 is 1.13 bits per heavy atom. The Labute approximate surface area is 189 Å². The van der Waals surface area contributed by atoms with Gasteiger partial charge in [-0.2, -0.15) is 0 Å². The van der Waals surface area contributed by atoms with Crippen LogP contribution in [0.2, 0.25) is 0 Å². The summed E-state index contributed by atoms with van der Waals surface area (Å²) in [6.45, 7) is 8.64. The monoisotopic (exact) mass is 439 g/mol. The number of nitrogens with zero attached hydrogens (tertiary/aromatic N) is 2. The van der Waals surface area contributed by atoms with Gasteiger partial charge in [0.15, 0.2) is 0 Å². The summed E-state index contributed by atoms with van der Waals surface area (Å²) >= 11 is 1.62. The third-order valence-corrected chi connectivity index (χ3v) is 7.24. The van der Waals surface area contributed by atoms with Crippen molar-refractivity contribution in [3.8, 4) is 0 Å². The minimum Gasteiger partial charge on any atom is -0.354 e. The summed E-state index contributed by atoms with van der Waals surface area (Å²) in [5.41, 5.74) is 1.51. The summed E-state index contributed by atoms with van der Waals surface area (Å²) in [5, 5.41) is 5.23. The number of carbonyl (C=O) groups is 2. The number of piperidine rings is 1. The number of rotatable bonds is 7. The Hall–Kier alpha value is -2.18. The Morgan fingerprint density at radius 2 is 1.90 bits per heavy atom. The van der Waals surface area contributed by atoms with E-state index in [2.05, 4.69) is 30.1 Å². The fraction of sp³-hybridized carbons (Fsp3) is 0.520. The molecule has 2 amide bonds. The third-order valence-electron chi connectivity index (χ3n) is 6.29. The molecule has 2 atom stereocenters. The van der Waals surface area contributed by atoms with E-state index in [-0.39, 0.29) is 17.9 Å². The highest BCUT2D eigenvalue weighted by atomic mass is 32.1. The molecule has 2 aliphatic rings. The molecule has 0 aliphatic carbocycles. The molecule has 5 nitrogen and oxygen atoms in total. The fourth-order valence-electron chi connectivity index (χ4n) is 4.88. The van der Waals surface area contributed by atoms with Crippen molar-refractivity contribution in [2.75, 3.05) is 32.7 Å². The summed E-state index contributed by atoms with van der Waals surface area (Å²) in [5.74, 6) is -0.0312. The van der Waals surface area contributed by atoms with Crippen molar-refractivity contribution in [2.45, 2.75) is 45.1 Å². The van der Waals surface area contributed by atoms with Gasteiger partial charge in [-0.05, 0) is 54.9 Å². The molecule has 166 valence electrons. The highest BCUT2D eigenvalue weighted by molar-refractivity contribution is 7.10. The SMILES string of the molecule is CC(C)CN1C(=O)c2ccccc2C(C(=O)NCCN2CCCCC2)C1c1cccs1. The molecule has 0 spiro atoms. The maximum Gasteiger partial charge on any atom is 0.254 e. The van der Waals surface area contributed by atoms with E-state index in [9.17, 15) is 9.59 Å². The molecule has 0 saturated carbocycles. The van der Waals surface area contributed by atoms with Gasteiger partial charge in [-0.25, -0.2) is 0 Å². The first-order valence-electron chi connectivity index (χ1n) is 11.5. The summed E-state index contributed by atoms with van der Waals surface area (Å²) in [4.78, 5) is 32.4. The first-order valence-corrected chi connectivity index (χ1v) is 12.4. The molecule has 1 N–H and O–H groups in total. The van der Waals surface area contributed by atoms with Crippen LogP contribution in [0.4, 0.5) is 0 Å². The van der Waals surface area contributed by atoms with Gasteiger partial charge in [0, 0.05) is 30.1 Å². The van der Waals surface area contributed by atoms with Crippen LogP contribution in [0.1, 0.15) is 65.9 Å². The van der Waals surface area contributed by atoms with Crippen molar-refractivity contribution < 1.29 is 9.59 Å². The molecule has 1 aromatic heterocycles. The lowest BCUT2D eigenvalue weighted by molar-refractivity contribution is -0.124. The van der Waals surface area contributed by atoms with Crippen molar-refractivity contribution in [3.05, 3.63) is 57.8 Å². The van der Waals surface area contributed by atoms with Gasteiger partial charge in [0.2, 0.25) is 5.91 Å². The lowest BCUT2D eigenvalue weighted by Crippen LogP contribution is -2.49. The van der Waals surface area contributed by atoms with E-state index < -0.39 is 5.92 Å². The Kier molecular flexibility index (Phi) is 7.08. The Bertz CT molecular complexity index is 890. The zero-order valence-corrected chi connectivity index (χ0v) is 19.4. The molecule has 0 radical (unpaired) electrons. The lowest BCUT2D eigenvalue weighted by atomic mass is 9.81. The van der Waals surface area contributed by atoms with Crippen LogP contribution in [-0.2, 0) is 4.79 Å². The van der Waals surface area contributed by atoms with Gasteiger partial charge < -0.3 is 15.1 Å². The average Bonchev–Trinajstić information content (AvgIpc) is 3.30. The molecular weight excluding hydrogens is 406 g/mol. The van der Waals surface area contributed by atoms with E-state index in [0.717, 1.165) is 30.1 Å². The van der Waals surface area contributed by atoms with E-state index in [1.165, 1.54) is 19.3 Å². The lowest BCUT2D eigenvalue weighted by Gasteiger charge is -2.42. The van der Waals surface area contributed by atoms with E-state index in [1.807, 2.05) is 40.6 Å². The topological polar surface area (TPSA) is 52.7 Å². The van der Waals surface area contributed by atoms with Crippen LogP contribution in [0.15, 0.2) is 41.8 Å². The van der Waals surface area contributed by atoms with Gasteiger partial charge in [-0.3, -0.25) is 9.59 Å². The number of fused-ring (bicyclic) bond motifs is 1. The normalized spacial score (nSPS) is 21.9. The second-order valence-corrected chi connectivity index (χ2v) is 10.0. The number of nitrogens with one attached hydrogen (secondary N) is 1. The van der Waals surface area contributed by atoms with Gasteiger partial charge in [0.25, 0.3) is 5.91 Å². The van der Waals surface area contributed by atoms with Crippen LogP contribution in [-0.4, -0.2) is 54.3 Å². The van der Waals surface area contributed by atoms with Crippen LogP contribution >= 0.6 is 11.3 Å². The molecule has 3 heterocycles. The highest BCUT2D eigenvalue weighted by Crippen LogP contribution is 2.44. The molecule has 2 aromatic rings. The molecule has 6 heteroatoms. The minimum absolute atomic E-state index is 0.0177. The molecule has 2 aliphatic heterocycles. The van der Waals surface area contributed by atoms with Gasteiger partial charge >= 0.3 is 0 Å². The predicted octanol–water partition coefficient (Wildman–Crippen LogP) is 4.29. The third kappa shape index (κ3) is 4.85. The number of carbonyl (C=O) groups excluding carboxylic acids is 2. The minimum atomic E-state index is -0.396. The second kappa shape index (κ2) is 9.96. The standard InChI is InChI=1S/C25H33N3O2S/c1-18(2)17-28-23(21-11-8-16-31-21)22(19-9-4-5-10-20(19)25(28)30)24(29)26-12-15-27-13-6-3-7-14-27/h4-5,8-11,16,18,22-23H,3,6-7,12-15,17H2,1-2H3,(H,26,29). The number of thiophene rings is 1. The molecule has 1 fully saturated rings. The van der Waals surface area contributed by atoms with Crippen molar-refractivity contribution in [1.29, 1.82) is 0 Å². The first kappa shape index (κ1) is 22.0. The van der Waals surface area contributed by atoms with Crippen LogP contribution in [0, 0.1) is 5.92 Å². The summed E-state index contributed by atoms with van der Waals surface area (Å²) in [6, 6.07) is 11.4. The van der Waals surface area contributed by atoms with E-state index >= 15 is 0 Å². The number of hydrogen-bond donors (Lipinski definition) is 1. The maximum atomic E-state index is 13.6. The average molecular weight is 440 g/mol. The van der Waals surface area contributed by atoms with E-state index in [1.54, 1.807) is 11.3 Å². The van der Waals surface area contributed by atoms with Gasteiger partial charge in [0.1, 0.15) is 0 Å². The smallest absolute Gasteiger partial charge is 0.254 e. The van der Waals surface area contributed by atoms with E-state index in [4.69, 9.17) is 0 Å². The largest absolute Gasteiger partial charge is 0.354 e. The van der Waals surface area contributed by atoms with Crippen molar-refractivity contribution in [3.63, 3.8) is 0 Å². The molecular formula is C25H33N3O2S. The van der Waals surface area contributed by atoms with Crippen LogP contribution < -0.4 is 5.32 Å². The Morgan fingerprint density at radius 3 is 2.61 bits per heavy atom. The molecule has 4 rings (SSSR count). The molecule has 2 unspecified atom stereocenters. The Balaban J connectivity index is 1.62. The van der Waals surface area contributed by atoms with Gasteiger partial charge in [-0.1, -0.05) is 44.5 Å². The van der Waals surface area contributed by atoms with Crippen molar-refractivity contribution in [2.24, 2.45) is 5.92 Å². The predicted molar refractivity (Wildman–Crippen MR) is 125 cm³/mol. The van der Waals surface area contributed by atoms with Crippen LogP contribution in [0.5, 0.6) is 0 Å². The van der Waals surface area contributed by atoms with Crippen LogP contribution in [0.3, 0.4) is 0 Å². The van der Waals surface area contributed by atoms with Crippen molar-refractivity contribution >= 4 is 23.2 Å². The molecule has 31 heavy (non-hydrogen) atoms. The number of benzene rings is 1. The zero-order chi connectivity index (χ0) is 21.8. The summed E-state index contributed by atoms with van der Waals surface area (Å²) < 4.78 is 0. The van der Waals surface area contributed by atoms with E-state index in [0.29, 0.717) is 24.6 Å². The molecule has 1 saturated heterocycles. The molecule has 0 bridgehead atoms. The van der Waals surface area contributed by atoms with Crippen LogP contribution in [0.25, 0.3) is 0 Å². The number of likely N-dealkylation sites (tertiary alicyclic amines) is 1. The maximum absolute atomic E-state index is 13.6. The number of hydrogen-bond acceptors (Lipinski definition) is 4.